The Morgan fingerprint density at radius 1 is 1.17 bits per heavy atom. The number of carbonyl (C=O) groups is 2. The topological polar surface area (TPSA) is 76.7 Å². The van der Waals surface area contributed by atoms with Crippen molar-refractivity contribution in [2.24, 2.45) is 0 Å². The first-order valence-corrected chi connectivity index (χ1v) is 10.9. The van der Waals surface area contributed by atoms with Gasteiger partial charge in [-0.15, -0.1) is 11.3 Å². The van der Waals surface area contributed by atoms with Gasteiger partial charge < -0.3 is 14.8 Å². The Labute approximate surface area is 175 Å². The Morgan fingerprint density at radius 2 is 1.93 bits per heavy atom. The number of ether oxygens (including phenoxy) is 2. The van der Waals surface area contributed by atoms with Gasteiger partial charge in [-0.2, -0.15) is 0 Å². The zero-order chi connectivity index (χ0) is 20.8. The summed E-state index contributed by atoms with van der Waals surface area (Å²) >= 11 is 1.31. The minimum Gasteiger partial charge on any atom is -0.496 e. The molecule has 1 heterocycles. The molecule has 1 aliphatic rings. The van der Waals surface area contributed by atoms with Crippen molar-refractivity contribution in [2.45, 2.75) is 52.0 Å². The number of methoxy groups -OCH3 is 1. The number of thiophene rings is 1. The minimum absolute atomic E-state index is 0.186. The second-order valence-corrected chi connectivity index (χ2v) is 8.09. The summed E-state index contributed by atoms with van der Waals surface area (Å²) < 4.78 is 10.8. The van der Waals surface area contributed by atoms with E-state index in [-0.39, 0.29) is 18.7 Å². The minimum atomic E-state index is -0.458. The van der Waals surface area contributed by atoms with Crippen LogP contribution < -0.4 is 15.4 Å². The highest BCUT2D eigenvalue weighted by Gasteiger charge is 2.25. The number of rotatable bonds is 6. The maximum absolute atomic E-state index is 12.7. The lowest BCUT2D eigenvalue weighted by Crippen LogP contribution is -2.39. The molecule has 1 aromatic heterocycles. The molecule has 1 aromatic carbocycles. The van der Waals surface area contributed by atoms with Gasteiger partial charge in [-0.25, -0.2) is 9.59 Å². The Balaban J connectivity index is 1.91. The van der Waals surface area contributed by atoms with E-state index >= 15 is 0 Å². The quantitative estimate of drug-likeness (QED) is 0.621. The molecule has 7 heteroatoms. The van der Waals surface area contributed by atoms with Gasteiger partial charge in [0.15, 0.2) is 0 Å². The number of aryl methyl sites for hydroxylation is 1. The van der Waals surface area contributed by atoms with Crippen molar-refractivity contribution in [3.8, 4) is 16.9 Å². The highest BCUT2D eigenvalue weighted by atomic mass is 32.1. The summed E-state index contributed by atoms with van der Waals surface area (Å²) in [6, 6.07) is 5.70. The van der Waals surface area contributed by atoms with Crippen molar-refractivity contribution < 1.29 is 19.1 Å². The summed E-state index contributed by atoms with van der Waals surface area (Å²) in [6.07, 6.45) is 5.48. The molecule has 0 spiro atoms. The van der Waals surface area contributed by atoms with E-state index < -0.39 is 5.97 Å². The smallest absolute Gasteiger partial charge is 0.341 e. The van der Waals surface area contributed by atoms with Gasteiger partial charge in [-0.05, 0) is 38.8 Å². The van der Waals surface area contributed by atoms with Crippen molar-refractivity contribution in [3.63, 3.8) is 0 Å². The SMILES string of the molecule is CCOC(=O)c1c(-c2cc(C)ccc2OC)csc1NC(=O)NC1CCCCC1. The van der Waals surface area contributed by atoms with Crippen molar-refractivity contribution in [3.05, 3.63) is 34.7 Å². The number of hydrogen-bond acceptors (Lipinski definition) is 5. The van der Waals surface area contributed by atoms with Crippen LogP contribution >= 0.6 is 11.3 Å². The first-order chi connectivity index (χ1) is 14.0. The summed E-state index contributed by atoms with van der Waals surface area (Å²) in [5.41, 5.74) is 2.90. The molecule has 1 fully saturated rings. The van der Waals surface area contributed by atoms with Crippen LogP contribution in [-0.4, -0.2) is 31.8 Å². The number of nitrogens with one attached hydrogen (secondary N) is 2. The Kier molecular flexibility index (Phi) is 7.14. The lowest BCUT2D eigenvalue weighted by molar-refractivity contribution is 0.0529. The number of benzene rings is 1. The third-order valence-corrected chi connectivity index (χ3v) is 5.98. The number of amides is 2. The summed E-state index contributed by atoms with van der Waals surface area (Å²) in [7, 11) is 1.60. The second-order valence-electron chi connectivity index (χ2n) is 7.21. The fraction of sp³-hybridized carbons (Fsp3) is 0.455. The number of esters is 1. The van der Waals surface area contributed by atoms with E-state index in [1.54, 1.807) is 14.0 Å². The molecule has 156 valence electrons. The Morgan fingerprint density at radius 3 is 2.62 bits per heavy atom. The molecule has 0 atom stereocenters. The molecular weight excluding hydrogens is 388 g/mol. The monoisotopic (exact) mass is 416 g/mol. The molecule has 2 amide bonds. The molecule has 0 radical (unpaired) electrons. The molecule has 2 N–H and O–H groups in total. The van der Waals surface area contributed by atoms with Crippen LogP contribution in [0, 0.1) is 6.92 Å². The lowest BCUT2D eigenvalue weighted by Gasteiger charge is -2.22. The van der Waals surface area contributed by atoms with Gasteiger partial charge >= 0.3 is 12.0 Å². The van der Waals surface area contributed by atoms with Crippen LogP contribution in [0.4, 0.5) is 9.80 Å². The Bertz CT molecular complexity index is 872. The Hall–Kier alpha value is -2.54. The van der Waals surface area contributed by atoms with Crippen LogP contribution in [0.2, 0.25) is 0 Å². The number of anilines is 1. The number of urea groups is 1. The predicted octanol–water partition coefficient (Wildman–Crippen LogP) is 5.36. The van der Waals surface area contributed by atoms with Gasteiger partial charge in [0, 0.05) is 22.5 Å². The highest BCUT2D eigenvalue weighted by molar-refractivity contribution is 7.15. The van der Waals surface area contributed by atoms with E-state index in [0.717, 1.165) is 36.8 Å². The van der Waals surface area contributed by atoms with Gasteiger partial charge in [0.05, 0.1) is 13.7 Å². The van der Waals surface area contributed by atoms with Crippen molar-refractivity contribution >= 4 is 28.3 Å². The van der Waals surface area contributed by atoms with E-state index in [9.17, 15) is 9.59 Å². The predicted molar refractivity (Wildman–Crippen MR) is 116 cm³/mol. The third kappa shape index (κ3) is 5.09. The normalized spacial score (nSPS) is 14.3. The summed E-state index contributed by atoms with van der Waals surface area (Å²) in [5.74, 6) is 0.206. The highest BCUT2D eigenvalue weighted by Crippen LogP contribution is 2.40. The van der Waals surface area contributed by atoms with Crippen LogP contribution in [-0.2, 0) is 4.74 Å². The average molecular weight is 417 g/mol. The average Bonchev–Trinajstić information content (AvgIpc) is 3.12. The van der Waals surface area contributed by atoms with E-state index in [0.29, 0.717) is 21.9 Å². The molecule has 0 aliphatic heterocycles. The van der Waals surface area contributed by atoms with Crippen LogP contribution in [0.25, 0.3) is 11.1 Å². The zero-order valence-electron chi connectivity index (χ0n) is 17.2. The molecule has 1 saturated carbocycles. The molecular formula is C22H28N2O4S. The van der Waals surface area contributed by atoms with Gasteiger partial charge in [0.2, 0.25) is 0 Å². The largest absolute Gasteiger partial charge is 0.496 e. The lowest BCUT2D eigenvalue weighted by atomic mass is 9.96. The van der Waals surface area contributed by atoms with Crippen molar-refractivity contribution in [1.82, 2.24) is 5.32 Å². The standard InChI is InChI=1S/C22H28N2O4S/c1-4-28-21(25)19-17(16-12-14(2)10-11-18(16)27-3)13-29-20(19)24-22(26)23-15-8-6-5-7-9-15/h10-13,15H,4-9H2,1-3H3,(H2,23,24,26). The molecule has 2 aromatic rings. The van der Waals surface area contributed by atoms with Crippen LogP contribution in [0.5, 0.6) is 5.75 Å². The molecule has 3 rings (SSSR count). The van der Waals surface area contributed by atoms with Crippen LogP contribution in [0.15, 0.2) is 23.6 Å². The number of carbonyl (C=O) groups excluding carboxylic acids is 2. The molecule has 1 aliphatic carbocycles. The van der Waals surface area contributed by atoms with Gasteiger partial charge in [-0.1, -0.05) is 30.9 Å². The maximum atomic E-state index is 12.7. The van der Waals surface area contributed by atoms with Crippen LogP contribution in [0.1, 0.15) is 54.9 Å². The van der Waals surface area contributed by atoms with E-state index in [2.05, 4.69) is 10.6 Å². The van der Waals surface area contributed by atoms with Crippen molar-refractivity contribution in [2.75, 3.05) is 19.0 Å². The first-order valence-electron chi connectivity index (χ1n) is 10.0. The molecule has 0 unspecified atom stereocenters. The maximum Gasteiger partial charge on any atom is 0.341 e. The second kappa shape index (κ2) is 9.78. The third-order valence-electron chi connectivity index (χ3n) is 5.08. The summed E-state index contributed by atoms with van der Waals surface area (Å²) in [4.78, 5) is 25.3. The molecule has 0 saturated heterocycles. The molecule has 29 heavy (non-hydrogen) atoms. The van der Waals surface area contributed by atoms with Gasteiger partial charge in [0.25, 0.3) is 0 Å². The van der Waals surface area contributed by atoms with E-state index in [1.165, 1.54) is 17.8 Å². The number of hydrogen-bond donors (Lipinski definition) is 2. The fourth-order valence-corrected chi connectivity index (χ4v) is 4.60. The first kappa shape index (κ1) is 21.2. The van der Waals surface area contributed by atoms with E-state index in [4.69, 9.17) is 9.47 Å². The van der Waals surface area contributed by atoms with Gasteiger partial charge in [-0.3, -0.25) is 5.32 Å². The van der Waals surface area contributed by atoms with Gasteiger partial charge in [0.1, 0.15) is 16.3 Å². The van der Waals surface area contributed by atoms with Crippen molar-refractivity contribution in [1.29, 1.82) is 0 Å². The summed E-state index contributed by atoms with van der Waals surface area (Å²) in [6.45, 7) is 4.00. The van der Waals surface area contributed by atoms with Crippen LogP contribution in [0.3, 0.4) is 0 Å². The molecule has 6 nitrogen and oxygen atoms in total. The summed E-state index contributed by atoms with van der Waals surface area (Å²) in [5, 5.41) is 8.23. The fourth-order valence-electron chi connectivity index (χ4n) is 3.66. The zero-order valence-corrected chi connectivity index (χ0v) is 18.0. The molecule has 0 bridgehead atoms. The van der Waals surface area contributed by atoms with E-state index in [1.807, 2.05) is 30.5 Å².